The van der Waals surface area contributed by atoms with Crippen molar-refractivity contribution >= 4 is 11.8 Å². The molecule has 0 bridgehead atoms. The molecule has 0 aromatic rings. The van der Waals surface area contributed by atoms with E-state index in [4.69, 9.17) is 10.8 Å². The molecule has 0 radical (unpaired) electrons. The van der Waals surface area contributed by atoms with Gasteiger partial charge in [0.05, 0.1) is 12.6 Å². The van der Waals surface area contributed by atoms with Crippen LogP contribution in [0.4, 0.5) is 0 Å². The second-order valence-corrected chi connectivity index (χ2v) is 2.81. The molecule has 2 amide bonds. The highest BCUT2D eigenvalue weighted by Gasteiger charge is 2.15. The number of nitrogens with one attached hydrogen (secondary N) is 2. The Morgan fingerprint density at radius 1 is 1.43 bits per heavy atom. The fourth-order valence-corrected chi connectivity index (χ4v) is 0.794. The van der Waals surface area contributed by atoms with Crippen LogP contribution in [0.25, 0.3) is 0 Å². The van der Waals surface area contributed by atoms with Crippen LogP contribution >= 0.6 is 0 Å². The summed E-state index contributed by atoms with van der Waals surface area (Å²) in [5.74, 6) is -1.46. The number of hydrogen-bond donors (Lipinski definition) is 4. The molecule has 0 saturated carbocycles. The van der Waals surface area contributed by atoms with Crippen molar-refractivity contribution in [2.75, 3.05) is 19.7 Å². The molecule has 1 atom stereocenters. The number of carbonyl (C=O) groups excluding carboxylic acids is 2. The molecule has 0 saturated heterocycles. The topological polar surface area (TPSA) is 104 Å². The van der Waals surface area contributed by atoms with E-state index in [1.165, 1.54) is 0 Å². The molecule has 0 aromatic carbocycles. The van der Waals surface area contributed by atoms with Crippen molar-refractivity contribution in [1.82, 2.24) is 10.6 Å². The van der Waals surface area contributed by atoms with E-state index in [-0.39, 0.29) is 25.7 Å². The molecular formula is C8H17N3O3. The first-order chi connectivity index (χ1) is 6.65. The van der Waals surface area contributed by atoms with E-state index in [0.29, 0.717) is 6.42 Å². The molecular weight excluding hydrogens is 186 g/mol. The summed E-state index contributed by atoms with van der Waals surface area (Å²) in [5, 5.41) is 13.5. The van der Waals surface area contributed by atoms with Gasteiger partial charge in [0.25, 0.3) is 0 Å². The van der Waals surface area contributed by atoms with E-state index in [2.05, 4.69) is 10.6 Å². The van der Waals surface area contributed by atoms with Gasteiger partial charge >= 0.3 is 11.8 Å². The number of hydrogen-bond acceptors (Lipinski definition) is 4. The zero-order chi connectivity index (χ0) is 11.0. The van der Waals surface area contributed by atoms with Gasteiger partial charge in [0.2, 0.25) is 0 Å². The number of aliphatic hydroxyl groups excluding tert-OH is 1. The van der Waals surface area contributed by atoms with Crippen LogP contribution in [0.2, 0.25) is 0 Å². The minimum atomic E-state index is -0.737. The molecule has 0 heterocycles. The molecule has 0 aromatic heterocycles. The summed E-state index contributed by atoms with van der Waals surface area (Å²) in [6, 6.07) is -0.369. The lowest BCUT2D eigenvalue weighted by Gasteiger charge is -2.13. The van der Waals surface area contributed by atoms with Crippen molar-refractivity contribution in [2.24, 2.45) is 5.73 Å². The zero-order valence-corrected chi connectivity index (χ0v) is 8.25. The van der Waals surface area contributed by atoms with Gasteiger partial charge in [0.1, 0.15) is 0 Å². The van der Waals surface area contributed by atoms with Crippen LogP contribution in [0.1, 0.15) is 13.3 Å². The van der Waals surface area contributed by atoms with Crippen molar-refractivity contribution < 1.29 is 14.7 Å². The highest BCUT2D eigenvalue weighted by atomic mass is 16.3. The Bertz CT molecular complexity index is 192. The normalized spacial score (nSPS) is 11.9. The molecule has 5 N–H and O–H groups in total. The van der Waals surface area contributed by atoms with E-state index in [1.807, 2.05) is 0 Å². The van der Waals surface area contributed by atoms with Crippen molar-refractivity contribution in [3.63, 3.8) is 0 Å². The third-order valence-electron chi connectivity index (χ3n) is 1.68. The first kappa shape index (κ1) is 12.9. The van der Waals surface area contributed by atoms with E-state index >= 15 is 0 Å². The van der Waals surface area contributed by atoms with Gasteiger partial charge in [-0.2, -0.15) is 0 Å². The van der Waals surface area contributed by atoms with Gasteiger partial charge in [-0.3, -0.25) is 9.59 Å². The number of aliphatic hydroxyl groups is 1. The molecule has 0 rings (SSSR count). The van der Waals surface area contributed by atoms with Gasteiger partial charge in [0, 0.05) is 13.1 Å². The van der Waals surface area contributed by atoms with Crippen molar-refractivity contribution in [2.45, 2.75) is 19.4 Å². The average Bonchev–Trinajstić information content (AvgIpc) is 2.21. The van der Waals surface area contributed by atoms with Gasteiger partial charge in [-0.25, -0.2) is 0 Å². The summed E-state index contributed by atoms with van der Waals surface area (Å²) in [7, 11) is 0. The SMILES string of the molecule is CC[C@H](CO)NC(=O)C(=O)NCCN. The number of rotatable bonds is 5. The van der Waals surface area contributed by atoms with Gasteiger partial charge in [-0.15, -0.1) is 0 Å². The highest BCUT2D eigenvalue weighted by Crippen LogP contribution is 1.87. The summed E-state index contributed by atoms with van der Waals surface area (Å²) < 4.78 is 0. The molecule has 14 heavy (non-hydrogen) atoms. The minimum Gasteiger partial charge on any atom is -0.394 e. The Labute approximate surface area is 82.9 Å². The molecule has 0 aliphatic carbocycles. The monoisotopic (exact) mass is 203 g/mol. The summed E-state index contributed by atoms with van der Waals surface area (Å²) in [6.45, 7) is 2.18. The van der Waals surface area contributed by atoms with Gasteiger partial charge in [-0.05, 0) is 6.42 Å². The van der Waals surface area contributed by atoms with Crippen LogP contribution in [-0.4, -0.2) is 42.7 Å². The average molecular weight is 203 g/mol. The summed E-state index contributed by atoms with van der Waals surface area (Å²) in [4.78, 5) is 22.1. The molecule has 0 unspecified atom stereocenters. The molecule has 6 nitrogen and oxygen atoms in total. The molecule has 0 aliphatic heterocycles. The Balaban J connectivity index is 3.87. The van der Waals surface area contributed by atoms with Gasteiger partial charge in [0.15, 0.2) is 0 Å². The summed E-state index contributed by atoms with van der Waals surface area (Å²) >= 11 is 0. The summed E-state index contributed by atoms with van der Waals surface area (Å²) in [6.07, 6.45) is 0.576. The van der Waals surface area contributed by atoms with E-state index in [1.54, 1.807) is 6.92 Å². The lowest BCUT2D eigenvalue weighted by molar-refractivity contribution is -0.139. The van der Waals surface area contributed by atoms with Gasteiger partial charge in [-0.1, -0.05) is 6.92 Å². The smallest absolute Gasteiger partial charge is 0.309 e. The Kier molecular flexibility index (Phi) is 6.69. The maximum atomic E-state index is 11.1. The third kappa shape index (κ3) is 4.78. The molecule has 0 spiro atoms. The molecule has 0 fully saturated rings. The standard InChI is InChI=1S/C8H17N3O3/c1-2-6(5-12)11-8(14)7(13)10-4-3-9/h6,12H,2-5,9H2,1H3,(H,10,13)(H,11,14)/t6-/m1/s1. The lowest BCUT2D eigenvalue weighted by Crippen LogP contribution is -2.46. The van der Waals surface area contributed by atoms with Crippen LogP contribution in [-0.2, 0) is 9.59 Å². The molecule has 6 heteroatoms. The van der Waals surface area contributed by atoms with Crippen molar-refractivity contribution in [3.8, 4) is 0 Å². The molecule has 82 valence electrons. The second-order valence-electron chi connectivity index (χ2n) is 2.81. The highest BCUT2D eigenvalue weighted by molar-refractivity contribution is 6.35. The van der Waals surface area contributed by atoms with E-state index in [0.717, 1.165) is 0 Å². The number of nitrogens with two attached hydrogens (primary N) is 1. The lowest BCUT2D eigenvalue weighted by atomic mass is 10.2. The predicted octanol–water partition coefficient (Wildman–Crippen LogP) is -2.05. The predicted molar refractivity (Wildman–Crippen MR) is 51.4 cm³/mol. The number of carbonyl (C=O) groups is 2. The number of amides is 2. The fourth-order valence-electron chi connectivity index (χ4n) is 0.794. The fraction of sp³-hybridized carbons (Fsp3) is 0.750. The Hall–Kier alpha value is -1.14. The maximum Gasteiger partial charge on any atom is 0.309 e. The van der Waals surface area contributed by atoms with Crippen LogP contribution in [0, 0.1) is 0 Å². The Morgan fingerprint density at radius 2 is 2.07 bits per heavy atom. The van der Waals surface area contributed by atoms with Crippen LogP contribution in [0.3, 0.4) is 0 Å². The first-order valence-electron chi connectivity index (χ1n) is 4.55. The van der Waals surface area contributed by atoms with Crippen LogP contribution in [0.15, 0.2) is 0 Å². The quantitative estimate of drug-likeness (QED) is 0.386. The minimum absolute atomic E-state index is 0.174. The third-order valence-corrected chi connectivity index (χ3v) is 1.68. The van der Waals surface area contributed by atoms with Crippen molar-refractivity contribution in [3.05, 3.63) is 0 Å². The van der Waals surface area contributed by atoms with Crippen LogP contribution < -0.4 is 16.4 Å². The van der Waals surface area contributed by atoms with Gasteiger partial charge < -0.3 is 21.5 Å². The maximum absolute atomic E-state index is 11.1. The second kappa shape index (κ2) is 7.28. The van der Waals surface area contributed by atoms with E-state index in [9.17, 15) is 9.59 Å². The summed E-state index contributed by atoms with van der Waals surface area (Å²) in [5.41, 5.74) is 5.14. The largest absolute Gasteiger partial charge is 0.394 e. The van der Waals surface area contributed by atoms with Crippen LogP contribution in [0.5, 0.6) is 0 Å². The van der Waals surface area contributed by atoms with Crippen molar-refractivity contribution in [1.29, 1.82) is 0 Å². The zero-order valence-electron chi connectivity index (χ0n) is 8.25. The Morgan fingerprint density at radius 3 is 2.50 bits per heavy atom. The molecule has 0 aliphatic rings. The van der Waals surface area contributed by atoms with E-state index < -0.39 is 11.8 Å². The first-order valence-corrected chi connectivity index (χ1v) is 4.55.